The molecule has 1 fully saturated rings. The number of allylic oxidation sites excluding steroid dienone is 2. The molecule has 2 unspecified atom stereocenters. The van der Waals surface area contributed by atoms with E-state index in [0.29, 0.717) is 23.1 Å². The average Bonchev–Trinajstić information content (AvgIpc) is 2.83. The molecule has 4 rings (SSSR count). The van der Waals surface area contributed by atoms with Crippen LogP contribution in [0.3, 0.4) is 0 Å². The van der Waals surface area contributed by atoms with E-state index >= 15 is 0 Å². The Bertz CT molecular complexity index is 608. The number of Topliss-reactive ketones (excluding diaryl/α,β-unsaturated/α-hetero) is 1. The van der Waals surface area contributed by atoms with Crippen molar-refractivity contribution < 1.29 is 14.3 Å². The summed E-state index contributed by atoms with van der Waals surface area (Å²) >= 11 is 0. The molecule has 2 atom stereocenters. The van der Waals surface area contributed by atoms with E-state index in [4.69, 9.17) is 4.74 Å². The third-order valence-electron chi connectivity index (χ3n) is 4.03. The minimum absolute atomic E-state index is 0.107. The summed E-state index contributed by atoms with van der Waals surface area (Å²) in [5.74, 6) is 1.16. The largest absolute Gasteiger partial charge is 0.492 e. The van der Waals surface area contributed by atoms with Gasteiger partial charge in [0.05, 0.1) is 12.7 Å². The summed E-state index contributed by atoms with van der Waals surface area (Å²) in [5, 5.41) is 0. The van der Waals surface area contributed by atoms with Crippen LogP contribution in [-0.2, 0) is 11.3 Å². The van der Waals surface area contributed by atoms with Gasteiger partial charge in [0.1, 0.15) is 5.69 Å². The van der Waals surface area contributed by atoms with Gasteiger partial charge in [-0.15, -0.1) is 0 Å². The van der Waals surface area contributed by atoms with Crippen LogP contribution in [0.5, 0.6) is 0 Å². The van der Waals surface area contributed by atoms with Crippen LogP contribution < -0.4 is 0 Å². The van der Waals surface area contributed by atoms with Crippen LogP contribution in [0.4, 0.5) is 0 Å². The number of ether oxygens (including phenoxy) is 1. The first-order valence-electron chi connectivity index (χ1n) is 5.79. The highest BCUT2D eigenvalue weighted by atomic mass is 16.5. The summed E-state index contributed by atoms with van der Waals surface area (Å²) in [7, 11) is 1.42. The fourth-order valence-electron chi connectivity index (χ4n) is 3.09. The van der Waals surface area contributed by atoms with Gasteiger partial charge in [-0.25, -0.2) is 0 Å². The average molecular weight is 229 g/mol. The molecule has 0 N–H and O–H groups in total. The molecule has 2 heterocycles. The van der Waals surface area contributed by atoms with E-state index in [1.54, 1.807) is 0 Å². The molecule has 1 aromatic heterocycles. The van der Waals surface area contributed by atoms with Crippen molar-refractivity contribution in [3.05, 3.63) is 34.9 Å². The van der Waals surface area contributed by atoms with Crippen LogP contribution in [0.1, 0.15) is 38.9 Å². The number of aromatic nitrogens is 1. The van der Waals surface area contributed by atoms with Crippen molar-refractivity contribution in [1.82, 2.24) is 4.57 Å². The lowest BCUT2D eigenvalue weighted by Crippen LogP contribution is -2.20. The van der Waals surface area contributed by atoms with Gasteiger partial charge in [-0.3, -0.25) is 9.59 Å². The highest BCUT2D eigenvalue weighted by Crippen LogP contribution is 2.55. The smallest absolute Gasteiger partial charge is 0.229 e. The van der Waals surface area contributed by atoms with Crippen molar-refractivity contribution in [2.45, 2.75) is 18.9 Å². The van der Waals surface area contributed by atoms with Gasteiger partial charge in [-0.05, 0) is 18.4 Å². The Kier molecular flexibility index (Phi) is 1.46. The van der Waals surface area contributed by atoms with Crippen molar-refractivity contribution in [2.24, 2.45) is 5.92 Å². The molecule has 0 bridgehead atoms. The molecule has 0 aromatic carbocycles. The molecule has 2 aliphatic carbocycles. The van der Waals surface area contributed by atoms with Crippen LogP contribution >= 0.6 is 0 Å². The van der Waals surface area contributed by atoms with E-state index in [0.717, 1.165) is 12.2 Å². The molecule has 0 radical (unpaired) electrons. The zero-order valence-corrected chi connectivity index (χ0v) is 9.40. The van der Waals surface area contributed by atoms with Crippen LogP contribution in [0.25, 0.3) is 0 Å². The van der Waals surface area contributed by atoms with Crippen LogP contribution in [0, 0.1) is 5.92 Å². The monoisotopic (exact) mass is 229 g/mol. The molecule has 17 heavy (non-hydrogen) atoms. The quantitative estimate of drug-likeness (QED) is 0.733. The Hall–Kier alpha value is -1.84. The lowest BCUT2D eigenvalue weighted by atomic mass is 10.00. The van der Waals surface area contributed by atoms with E-state index in [-0.39, 0.29) is 17.3 Å². The Morgan fingerprint density at radius 3 is 3.00 bits per heavy atom. The van der Waals surface area contributed by atoms with Gasteiger partial charge in [0.2, 0.25) is 11.6 Å². The zero-order chi connectivity index (χ0) is 11.7. The Balaban J connectivity index is 1.93. The predicted molar refractivity (Wildman–Crippen MR) is 59.0 cm³/mol. The van der Waals surface area contributed by atoms with Gasteiger partial charge in [0.15, 0.2) is 5.76 Å². The van der Waals surface area contributed by atoms with Gasteiger partial charge in [0.25, 0.3) is 0 Å². The standard InChI is InChI=1S/C13H11NO3/c1-17-11-4-10(15)12-8(13(11)16)3-9-7-2-6(7)5-14(9)12/h3-4,6-7H,2,5H2,1H3. The number of methoxy groups -OCH3 is 1. The second kappa shape index (κ2) is 2.70. The van der Waals surface area contributed by atoms with Gasteiger partial charge in [-0.1, -0.05) is 0 Å². The van der Waals surface area contributed by atoms with Crippen molar-refractivity contribution in [3.63, 3.8) is 0 Å². The third kappa shape index (κ3) is 0.983. The van der Waals surface area contributed by atoms with E-state index in [1.165, 1.54) is 19.6 Å². The molecule has 0 spiro atoms. The number of ketones is 2. The Morgan fingerprint density at radius 1 is 1.41 bits per heavy atom. The first-order chi connectivity index (χ1) is 8.20. The summed E-state index contributed by atoms with van der Waals surface area (Å²) in [5.41, 5.74) is 2.25. The van der Waals surface area contributed by atoms with Crippen LogP contribution in [-0.4, -0.2) is 23.2 Å². The van der Waals surface area contributed by atoms with E-state index in [2.05, 4.69) is 0 Å². The van der Waals surface area contributed by atoms with Gasteiger partial charge < -0.3 is 9.30 Å². The number of carbonyl (C=O) groups is 2. The number of rotatable bonds is 1. The molecule has 1 saturated carbocycles. The van der Waals surface area contributed by atoms with Gasteiger partial charge >= 0.3 is 0 Å². The second-order valence-corrected chi connectivity index (χ2v) is 4.95. The highest BCUT2D eigenvalue weighted by Gasteiger charge is 2.48. The second-order valence-electron chi connectivity index (χ2n) is 4.95. The number of nitrogens with zero attached hydrogens (tertiary/aromatic N) is 1. The SMILES string of the molecule is COC1=CC(=O)c2c(cc3n2CC2CC32)C1=O. The maximum absolute atomic E-state index is 12.1. The number of hydrogen-bond donors (Lipinski definition) is 0. The van der Waals surface area contributed by atoms with Gasteiger partial charge in [-0.2, -0.15) is 0 Å². The minimum Gasteiger partial charge on any atom is -0.492 e. The molecule has 4 heteroatoms. The fourth-order valence-corrected chi connectivity index (χ4v) is 3.09. The van der Waals surface area contributed by atoms with Crippen LogP contribution in [0.2, 0.25) is 0 Å². The first kappa shape index (κ1) is 9.22. The van der Waals surface area contributed by atoms with Gasteiger partial charge in [0, 0.05) is 24.2 Å². The van der Waals surface area contributed by atoms with E-state index in [9.17, 15) is 9.59 Å². The van der Waals surface area contributed by atoms with Crippen molar-refractivity contribution in [1.29, 1.82) is 0 Å². The molecule has 0 saturated heterocycles. The van der Waals surface area contributed by atoms with E-state index < -0.39 is 0 Å². The summed E-state index contributed by atoms with van der Waals surface area (Å²) in [6.45, 7) is 0.893. The van der Waals surface area contributed by atoms with Crippen molar-refractivity contribution in [2.75, 3.05) is 7.11 Å². The molecular formula is C13H11NO3. The zero-order valence-electron chi connectivity index (χ0n) is 9.40. The number of hydrogen-bond acceptors (Lipinski definition) is 3. The fraction of sp³-hybridized carbons (Fsp3) is 0.385. The summed E-state index contributed by atoms with van der Waals surface area (Å²) in [6, 6.07) is 1.89. The summed E-state index contributed by atoms with van der Waals surface area (Å²) in [4.78, 5) is 24.1. The maximum atomic E-state index is 12.1. The number of carbonyl (C=O) groups excluding carboxylic acids is 2. The number of fused-ring (bicyclic) bond motifs is 5. The van der Waals surface area contributed by atoms with E-state index in [1.807, 2.05) is 10.6 Å². The lowest BCUT2D eigenvalue weighted by molar-refractivity contribution is 0.0913. The molecule has 1 aromatic rings. The third-order valence-corrected chi connectivity index (χ3v) is 4.03. The summed E-state index contributed by atoms with van der Waals surface area (Å²) < 4.78 is 6.98. The first-order valence-corrected chi connectivity index (χ1v) is 5.79. The molecule has 3 aliphatic rings. The lowest BCUT2D eigenvalue weighted by Gasteiger charge is -2.13. The highest BCUT2D eigenvalue weighted by molar-refractivity contribution is 6.23. The minimum atomic E-state index is -0.166. The predicted octanol–water partition coefficient (Wildman–Crippen LogP) is 1.51. The maximum Gasteiger partial charge on any atom is 0.229 e. The molecule has 4 nitrogen and oxygen atoms in total. The van der Waals surface area contributed by atoms with Crippen molar-refractivity contribution >= 4 is 11.6 Å². The molecule has 0 amide bonds. The Labute approximate surface area is 97.9 Å². The van der Waals surface area contributed by atoms with Crippen molar-refractivity contribution in [3.8, 4) is 0 Å². The normalized spacial score (nSPS) is 28.4. The topological polar surface area (TPSA) is 48.3 Å². The summed E-state index contributed by atoms with van der Waals surface area (Å²) in [6.07, 6.45) is 2.51. The molecular weight excluding hydrogens is 218 g/mol. The Morgan fingerprint density at radius 2 is 2.24 bits per heavy atom. The molecule has 1 aliphatic heterocycles. The van der Waals surface area contributed by atoms with Crippen LogP contribution in [0.15, 0.2) is 17.9 Å². The molecule has 86 valence electrons.